The Morgan fingerprint density at radius 3 is 2.78 bits per heavy atom. The summed E-state index contributed by atoms with van der Waals surface area (Å²) in [5.41, 5.74) is 3.22. The normalized spacial score (nSPS) is 17.4. The Kier molecular flexibility index (Phi) is 4.86. The molecule has 142 valence electrons. The number of nitrogens with zero attached hydrogens (tertiary/aromatic N) is 4. The van der Waals surface area contributed by atoms with Crippen molar-refractivity contribution in [2.75, 3.05) is 26.2 Å². The van der Waals surface area contributed by atoms with Gasteiger partial charge in [-0.3, -0.25) is 14.6 Å². The summed E-state index contributed by atoms with van der Waals surface area (Å²) in [6, 6.07) is 4.77. The maximum Gasteiger partial charge on any atom is 0.325 e. The van der Waals surface area contributed by atoms with Crippen LogP contribution in [0.5, 0.6) is 0 Å². The van der Waals surface area contributed by atoms with Crippen LogP contribution in [0.3, 0.4) is 0 Å². The Hall–Kier alpha value is -2.42. The van der Waals surface area contributed by atoms with Crippen LogP contribution in [0.4, 0.5) is 0 Å². The van der Waals surface area contributed by atoms with E-state index in [2.05, 4.69) is 20.2 Å². The number of nitrogens with one attached hydrogen (secondary N) is 1. The molecule has 4 rings (SSSR count). The largest absolute Gasteiger partial charge is 0.480 e. The van der Waals surface area contributed by atoms with Gasteiger partial charge in [0.2, 0.25) is 0 Å². The van der Waals surface area contributed by atoms with Gasteiger partial charge in [-0.2, -0.15) is 0 Å². The van der Waals surface area contributed by atoms with E-state index in [9.17, 15) is 9.90 Å². The molecule has 1 aliphatic heterocycles. The van der Waals surface area contributed by atoms with E-state index < -0.39 is 12.0 Å². The van der Waals surface area contributed by atoms with Crippen molar-refractivity contribution in [3.63, 3.8) is 0 Å². The summed E-state index contributed by atoms with van der Waals surface area (Å²) in [6.07, 6.45) is 1.77. The second-order valence-corrected chi connectivity index (χ2v) is 7.22. The van der Waals surface area contributed by atoms with E-state index in [-0.39, 0.29) is 0 Å². The van der Waals surface area contributed by atoms with Crippen molar-refractivity contribution in [2.45, 2.75) is 19.5 Å². The third-order valence-corrected chi connectivity index (χ3v) is 5.33. The van der Waals surface area contributed by atoms with Gasteiger partial charge in [0, 0.05) is 60.4 Å². The number of aromatic amines is 1. The van der Waals surface area contributed by atoms with Gasteiger partial charge in [0.15, 0.2) is 0 Å². The molecule has 1 fully saturated rings. The Bertz CT molecular complexity index is 961. The van der Waals surface area contributed by atoms with E-state index in [0.717, 1.165) is 40.9 Å². The summed E-state index contributed by atoms with van der Waals surface area (Å²) in [7, 11) is 0. The fourth-order valence-corrected chi connectivity index (χ4v) is 3.79. The number of benzene rings is 1. The minimum atomic E-state index is -0.851. The van der Waals surface area contributed by atoms with Gasteiger partial charge in [-0.15, -0.1) is 0 Å². The fourth-order valence-electron chi connectivity index (χ4n) is 3.62. The zero-order valence-electron chi connectivity index (χ0n) is 14.9. The highest BCUT2D eigenvalue weighted by atomic mass is 35.5. The van der Waals surface area contributed by atoms with Gasteiger partial charge in [0.05, 0.1) is 0 Å². The average Bonchev–Trinajstić information content (AvgIpc) is 3.23. The molecule has 8 nitrogen and oxygen atoms in total. The molecular formula is C18H20ClN5O3. The highest BCUT2D eigenvalue weighted by Gasteiger charge is 2.32. The van der Waals surface area contributed by atoms with Crippen molar-refractivity contribution >= 4 is 28.5 Å². The van der Waals surface area contributed by atoms with Gasteiger partial charge < -0.3 is 10.1 Å². The van der Waals surface area contributed by atoms with E-state index in [1.54, 1.807) is 12.3 Å². The van der Waals surface area contributed by atoms with Crippen LogP contribution < -0.4 is 0 Å². The van der Waals surface area contributed by atoms with Gasteiger partial charge in [-0.05, 0) is 19.1 Å². The van der Waals surface area contributed by atoms with Crippen molar-refractivity contribution in [1.29, 1.82) is 0 Å². The van der Waals surface area contributed by atoms with Gasteiger partial charge in [-0.25, -0.2) is 4.63 Å². The summed E-state index contributed by atoms with van der Waals surface area (Å²) >= 11 is 6.04. The summed E-state index contributed by atoms with van der Waals surface area (Å²) < 4.78 is 4.75. The van der Waals surface area contributed by atoms with Crippen molar-refractivity contribution in [1.82, 2.24) is 25.1 Å². The molecule has 1 aliphatic rings. The van der Waals surface area contributed by atoms with Crippen LogP contribution in [0, 0.1) is 6.92 Å². The molecule has 0 aliphatic carbocycles. The number of aliphatic carboxylic acids is 1. The molecule has 2 N–H and O–H groups in total. The molecule has 27 heavy (non-hydrogen) atoms. The molecule has 1 atom stereocenters. The van der Waals surface area contributed by atoms with E-state index in [1.165, 1.54) is 0 Å². The van der Waals surface area contributed by atoms with E-state index in [4.69, 9.17) is 16.2 Å². The Morgan fingerprint density at radius 1 is 1.33 bits per heavy atom. The molecule has 0 amide bonds. The fraction of sp³-hybridized carbons (Fsp3) is 0.389. The number of carbonyl (C=O) groups is 1. The topological polar surface area (TPSA) is 98.5 Å². The molecule has 0 radical (unpaired) electrons. The predicted octanol–water partition coefficient (Wildman–Crippen LogP) is 2.46. The highest BCUT2D eigenvalue weighted by molar-refractivity contribution is 6.31. The van der Waals surface area contributed by atoms with Gasteiger partial charge in [-0.1, -0.05) is 28.0 Å². The highest BCUT2D eigenvalue weighted by Crippen LogP contribution is 2.31. The lowest BCUT2D eigenvalue weighted by molar-refractivity contribution is -0.144. The first kappa shape index (κ1) is 18.0. The molecule has 2 aromatic heterocycles. The number of hydrogen-bond donors (Lipinski definition) is 2. The lowest BCUT2D eigenvalue weighted by Gasteiger charge is -2.37. The number of hydrogen-bond acceptors (Lipinski definition) is 6. The number of carboxylic acid groups (broad SMARTS) is 1. The van der Waals surface area contributed by atoms with Crippen LogP contribution >= 0.6 is 11.6 Å². The van der Waals surface area contributed by atoms with Gasteiger partial charge in [0.1, 0.15) is 17.4 Å². The van der Waals surface area contributed by atoms with Crippen LogP contribution in [0.1, 0.15) is 23.0 Å². The lowest BCUT2D eigenvalue weighted by atomic mass is 10.0. The molecule has 3 aromatic rings. The number of aryl methyl sites for hydroxylation is 1. The number of H-pyrrole nitrogens is 1. The SMILES string of the molecule is Cc1nonc1CN1CCN([C@H](C(=O)O)c2c[nH]c3cc(Cl)ccc23)CC1. The number of halogens is 1. The molecule has 0 spiro atoms. The minimum absolute atomic E-state index is 0.619. The maximum absolute atomic E-state index is 12.1. The van der Waals surface area contributed by atoms with Gasteiger partial charge >= 0.3 is 5.97 Å². The number of aromatic nitrogens is 3. The molecule has 1 saturated heterocycles. The Labute approximate surface area is 160 Å². The second-order valence-electron chi connectivity index (χ2n) is 6.78. The van der Waals surface area contributed by atoms with Crippen molar-refractivity contribution < 1.29 is 14.5 Å². The van der Waals surface area contributed by atoms with Crippen LogP contribution in [0.15, 0.2) is 29.0 Å². The van der Waals surface area contributed by atoms with E-state index >= 15 is 0 Å². The van der Waals surface area contributed by atoms with Crippen LogP contribution in [0.25, 0.3) is 10.9 Å². The van der Waals surface area contributed by atoms with E-state index in [1.807, 2.05) is 24.0 Å². The third kappa shape index (κ3) is 3.55. The van der Waals surface area contributed by atoms with Crippen LogP contribution in [-0.2, 0) is 11.3 Å². The molecule has 0 bridgehead atoms. The lowest BCUT2D eigenvalue weighted by Crippen LogP contribution is -2.48. The Balaban J connectivity index is 1.50. The monoisotopic (exact) mass is 389 g/mol. The van der Waals surface area contributed by atoms with Crippen LogP contribution in [0.2, 0.25) is 5.02 Å². The molecular weight excluding hydrogens is 370 g/mol. The van der Waals surface area contributed by atoms with Crippen LogP contribution in [-0.4, -0.2) is 62.4 Å². The zero-order valence-corrected chi connectivity index (χ0v) is 15.6. The first-order valence-electron chi connectivity index (χ1n) is 8.76. The number of fused-ring (bicyclic) bond motifs is 1. The summed E-state index contributed by atoms with van der Waals surface area (Å²) in [4.78, 5) is 19.4. The summed E-state index contributed by atoms with van der Waals surface area (Å²) in [6.45, 7) is 5.34. The number of carboxylic acids is 1. The van der Waals surface area contributed by atoms with E-state index in [0.29, 0.717) is 24.7 Å². The average molecular weight is 390 g/mol. The number of piperazine rings is 1. The molecule has 0 saturated carbocycles. The zero-order chi connectivity index (χ0) is 19.0. The molecule has 3 heterocycles. The molecule has 9 heteroatoms. The first-order valence-corrected chi connectivity index (χ1v) is 9.14. The second kappa shape index (κ2) is 7.30. The quantitative estimate of drug-likeness (QED) is 0.691. The smallest absolute Gasteiger partial charge is 0.325 e. The molecule has 0 unspecified atom stereocenters. The maximum atomic E-state index is 12.1. The standard InChI is InChI=1S/C18H20ClN5O3/c1-11-16(22-27-21-11)10-23-4-6-24(7-5-23)17(18(25)26)14-9-20-15-8-12(19)2-3-13(14)15/h2-3,8-9,17,20H,4-7,10H2,1H3,(H,25,26)/t17-/m0/s1. The Morgan fingerprint density at radius 2 is 2.11 bits per heavy atom. The molecule has 1 aromatic carbocycles. The van der Waals surface area contributed by atoms with Crippen molar-refractivity contribution in [2.24, 2.45) is 0 Å². The van der Waals surface area contributed by atoms with Gasteiger partial charge in [0.25, 0.3) is 0 Å². The predicted molar refractivity (Wildman–Crippen MR) is 99.6 cm³/mol. The first-order chi connectivity index (χ1) is 13.0. The summed E-state index contributed by atoms with van der Waals surface area (Å²) in [5.74, 6) is -0.851. The summed E-state index contributed by atoms with van der Waals surface area (Å²) in [5, 5.41) is 19.1. The van der Waals surface area contributed by atoms with Crippen molar-refractivity contribution in [3.05, 3.63) is 46.4 Å². The van der Waals surface area contributed by atoms with Crippen molar-refractivity contribution in [3.8, 4) is 0 Å². The minimum Gasteiger partial charge on any atom is -0.480 e. The third-order valence-electron chi connectivity index (χ3n) is 5.10. The number of rotatable bonds is 5.